The molecule has 2 N–H and O–H groups in total. The quantitative estimate of drug-likeness (QED) is 0.731. The van der Waals surface area contributed by atoms with Gasteiger partial charge < -0.3 is 9.47 Å². The number of rotatable bonds is 7. The second-order valence-corrected chi connectivity index (χ2v) is 7.43. The van der Waals surface area contributed by atoms with E-state index in [1.807, 2.05) is 13.8 Å². The molecule has 0 aliphatic carbocycles. The van der Waals surface area contributed by atoms with E-state index in [1.54, 1.807) is 6.07 Å². The van der Waals surface area contributed by atoms with Gasteiger partial charge in [0.2, 0.25) is 10.0 Å². The fraction of sp³-hybridized carbons (Fsp3) is 0.500. The molecule has 0 amide bonds. The predicted molar refractivity (Wildman–Crippen MR) is 81.7 cm³/mol. The van der Waals surface area contributed by atoms with Crippen LogP contribution in [0.5, 0.6) is 5.75 Å². The number of ether oxygens (including phenoxy) is 2. The zero-order valence-corrected chi connectivity index (χ0v) is 14.4. The van der Waals surface area contributed by atoms with E-state index in [1.165, 1.54) is 6.07 Å². The standard InChI is InChI=1S/C12H17BrClNO4S/c1-8(2)7-18-3-4-19-12-10(14)5-9(13)6-11(12)20(15,16)17/h5-6,8H,3-4,7H2,1-2H3,(H2,15,16,17). The van der Waals surface area contributed by atoms with Crippen molar-refractivity contribution in [3.63, 3.8) is 0 Å². The molecule has 8 heteroatoms. The molecule has 0 aliphatic rings. The number of primary sulfonamides is 1. The molecule has 114 valence electrons. The number of hydrogen-bond donors (Lipinski definition) is 1. The molecule has 0 radical (unpaired) electrons. The van der Waals surface area contributed by atoms with E-state index in [2.05, 4.69) is 15.9 Å². The zero-order chi connectivity index (χ0) is 15.3. The van der Waals surface area contributed by atoms with Crippen LogP contribution in [-0.2, 0) is 14.8 Å². The minimum atomic E-state index is -3.91. The van der Waals surface area contributed by atoms with Gasteiger partial charge in [0, 0.05) is 11.1 Å². The van der Waals surface area contributed by atoms with Crippen LogP contribution in [0.2, 0.25) is 5.02 Å². The summed E-state index contributed by atoms with van der Waals surface area (Å²) in [4.78, 5) is -0.152. The van der Waals surface area contributed by atoms with Crippen LogP contribution in [0.4, 0.5) is 0 Å². The third-order valence-electron chi connectivity index (χ3n) is 2.21. The highest BCUT2D eigenvalue weighted by molar-refractivity contribution is 9.10. The van der Waals surface area contributed by atoms with Crippen molar-refractivity contribution in [1.29, 1.82) is 0 Å². The van der Waals surface area contributed by atoms with Crippen LogP contribution in [-0.4, -0.2) is 28.2 Å². The van der Waals surface area contributed by atoms with Crippen LogP contribution in [0.1, 0.15) is 13.8 Å². The SMILES string of the molecule is CC(C)COCCOc1c(Cl)cc(Br)cc1S(N)(=O)=O. The summed E-state index contributed by atoms with van der Waals surface area (Å²) >= 11 is 9.15. The van der Waals surface area contributed by atoms with Gasteiger partial charge in [0.15, 0.2) is 5.75 Å². The van der Waals surface area contributed by atoms with Crippen LogP contribution in [0, 0.1) is 5.92 Å². The zero-order valence-electron chi connectivity index (χ0n) is 11.2. The van der Waals surface area contributed by atoms with E-state index in [0.29, 0.717) is 23.6 Å². The minimum Gasteiger partial charge on any atom is -0.488 e. The Balaban J connectivity index is 2.79. The van der Waals surface area contributed by atoms with Gasteiger partial charge in [0.1, 0.15) is 11.5 Å². The third kappa shape index (κ3) is 5.57. The van der Waals surface area contributed by atoms with Crippen molar-refractivity contribution in [3.05, 3.63) is 21.6 Å². The van der Waals surface area contributed by atoms with Crippen LogP contribution in [0.3, 0.4) is 0 Å². The largest absolute Gasteiger partial charge is 0.488 e. The second kappa shape index (κ2) is 7.61. The monoisotopic (exact) mass is 385 g/mol. The van der Waals surface area contributed by atoms with Crippen LogP contribution >= 0.6 is 27.5 Å². The smallest absolute Gasteiger partial charge is 0.241 e. The second-order valence-electron chi connectivity index (χ2n) is 4.58. The lowest BCUT2D eigenvalue weighted by molar-refractivity contribution is 0.0811. The van der Waals surface area contributed by atoms with E-state index in [4.69, 9.17) is 26.2 Å². The summed E-state index contributed by atoms with van der Waals surface area (Å²) in [5.74, 6) is 0.469. The van der Waals surface area contributed by atoms with Gasteiger partial charge >= 0.3 is 0 Å². The number of sulfonamides is 1. The molecule has 0 saturated heterocycles. The lowest BCUT2D eigenvalue weighted by Crippen LogP contribution is -2.16. The lowest BCUT2D eigenvalue weighted by atomic mass is 10.2. The molecule has 0 bridgehead atoms. The molecule has 0 aromatic heterocycles. The van der Waals surface area contributed by atoms with E-state index in [9.17, 15) is 8.42 Å². The Bertz CT molecular complexity index is 563. The Morgan fingerprint density at radius 2 is 2.00 bits per heavy atom. The van der Waals surface area contributed by atoms with Crippen LogP contribution in [0.25, 0.3) is 0 Å². The van der Waals surface area contributed by atoms with E-state index in [0.717, 1.165) is 0 Å². The highest BCUT2D eigenvalue weighted by atomic mass is 79.9. The number of halogens is 2. The highest BCUT2D eigenvalue weighted by Gasteiger charge is 2.19. The normalized spacial score (nSPS) is 11.9. The maximum atomic E-state index is 11.5. The van der Waals surface area contributed by atoms with Gasteiger partial charge in [-0.3, -0.25) is 0 Å². The van der Waals surface area contributed by atoms with E-state index in [-0.39, 0.29) is 22.3 Å². The molecule has 1 aromatic carbocycles. The number of benzene rings is 1. The summed E-state index contributed by atoms with van der Waals surface area (Å²) in [5, 5.41) is 5.32. The first kappa shape index (κ1) is 17.7. The highest BCUT2D eigenvalue weighted by Crippen LogP contribution is 2.34. The summed E-state index contributed by atoms with van der Waals surface area (Å²) in [6, 6.07) is 2.89. The van der Waals surface area contributed by atoms with Gasteiger partial charge in [-0.1, -0.05) is 41.4 Å². The molecule has 0 heterocycles. The van der Waals surface area contributed by atoms with Gasteiger partial charge in [-0.2, -0.15) is 0 Å². The van der Waals surface area contributed by atoms with E-state index < -0.39 is 10.0 Å². The van der Waals surface area contributed by atoms with Gasteiger partial charge in [-0.15, -0.1) is 0 Å². The number of hydrogen-bond acceptors (Lipinski definition) is 4. The summed E-state index contributed by atoms with van der Waals surface area (Å²) in [5.41, 5.74) is 0. The summed E-state index contributed by atoms with van der Waals surface area (Å²) in [7, 11) is -3.91. The molecule has 0 spiro atoms. The predicted octanol–water partition coefficient (Wildman–Crippen LogP) is 2.80. The van der Waals surface area contributed by atoms with E-state index >= 15 is 0 Å². The fourth-order valence-electron chi connectivity index (χ4n) is 1.41. The topological polar surface area (TPSA) is 78.6 Å². The van der Waals surface area contributed by atoms with Crippen molar-refractivity contribution in [1.82, 2.24) is 0 Å². The molecule has 0 atom stereocenters. The average Bonchev–Trinajstić information content (AvgIpc) is 2.28. The Labute approximate surface area is 132 Å². The Hall–Kier alpha value is -0.340. The van der Waals surface area contributed by atoms with Crippen molar-refractivity contribution in [3.8, 4) is 5.75 Å². The first-order chi connectivity index (χ1) is 9.21. The summed E-state index contributed by atoms with van der Waals surface area (Å²) in [6.45, 7) is 5.21. The van der Waals surface area contributed by atoms with Gasteiger partial charge in [-0.25, -0.2) is 13.6 Å². The molecule has 5 nitrogen and oxygen atoms in total. The van der Waals surface area contributed by atoms with Gasteiger partial charge in [-0.05, 0) is 18.1 Å². The van der Waals surface area contributed by atoms with Crippen molar-refractivity contribution >= 4 is 37.6 Å². The Morgan fingerprint density at radius 1 is 1.35 bits per heavy atom. The summed E-state index contributed by atoms with van der Waals surface area (Å²) in [6.07, 6.45) is 0. The maximum Gasteiger partial charge on any atom is 0.241 e. The van der Waals surface area contributed by atoms with Gasteiger partial charge in [0.25, 0.3) is 0 Å². The first-order valence-corrected chi connectivity index (χ1v) is 8.66. The summed E-state index contributed by atoms with van der Waals surface area (Å²) < 4.78 is 34.3. The van der Waals surface area contributed by atoms with Crippen LogP contribution < -0.4 is 9.88 Å². The third-order valence-corrected chi connectivity index (χ3v) is 3.86. The molecule has 0 unspecified atom stereocenters. The molecule has 1 aromatic rings. The molecule has 1 rings (SSSR count). The average molecular weight is 387 g/mol. The fourth-order valence-corrected chi connectivity index (χ4v) is 3.20. The Morgan fingerprint density at radius 3 is 2.55 bits per heavy atom. The van der Waals surface area contributed by atoms with Crippen molar-refractivity contribution in [2.75, 3.05) is 19.8 Å². The van der Waals surface area contributed by atoms with Crippen LogP contribution in [0.15, 0.2) is 21.5 Å². The molecular weight excluding hydrogens is 370 g/mol. The molecule has 0 fully saturated rings. The lowest BCUT2D eigenvalue weighted by Gasteiger charge is -2.13. The molecule has 20 heavy (non-hydrogen) atoms. The van der Waals surface area contributed by atoms with Crippen molar-refractivity contribution in [2.24, 2.45) is 11.1 Å². The number of nitrogens with two attached hydrogens (primary N) is 1. The van der Waals surface area contributed by atoms with Crippen molar-refractivity contribution < 1.29 is 17.9 Å². The Kier molecular flexibility index (Phi) is 6.74. The molecule has 0 aliphatic heterocycles. The maximum absolute atomic E-state index is 11.5. The molecular formula is C12H17BrClNO4S. The first-order valence-electron chi connectivity index (χ1n) is 5.94. The van der Waals surface area contributed by atoms with Crippen molar-refractivity contribution in [2.45, 2.75) is 18.7 Å². The van der Waals surface area contributed by atoms with Gasteiger partial charge in [0.05, 0.1) is 11.6 Å². The molecule has 0 saturated carbocycles. The minimum absolute atomic E-state index is 0.0468.